The molecule has 0 saturated carbocycles. The summed E-state index contributed by atoms with van der Waals surface area (Å²) in [6.07, 6.45) is 23.0. The molecule has 22 heavy (non-hydrogen) atoms. The quantitative estimate of drug-likeness (QED) is 0.207. The van der Waals surface area contributed by atoms with Crippen LogP contribution in [-0.4, -0.2) is 24.5 Å². The maximum absolute atomic E-state index is 2.54. The summed E-state index contributed by atoms with van der Waals surface area (Å²) in [4.78, 5) is 2.54. The lowest BCUT2D eigenvalue weighted by Crippen LogP contribution is -2.23. The minimum atomic E-state index is 1.19. The monoisotopic (exact) mass is 309 g/mol. The van der Waals surface area contributed by atoms with Gasteiger partial charge in [-0.2, -0.15) is 0 Å². The Morgan fingerprint density at radius 3 is 1.45 bits per heavy atom. The Morgan fingerprint density at radius 1 is 0.545 bits per heavy atom. The first-order chi connectivity index (χ1) is 10.8. The van der Waals surface area contributed by atoms with Crippen molar-refractivity contribution < 1.29 is 0 Å². The highest BCUT2D eigenvalue weighted by atomic mass is 15.1. The van der Waals surface area contributed by atoms with Crippen molar-refractivity contribution in [2.75, 3.05) is 19.6 Å². The van der Waals surface area contributed by atoms with Gasteiger partial charge in [0.25, 0.3) is 0 Å². The molecule has 0 N–H and O–H groups in total. The van der Waals surface area contributed by atoms with Crippen molar-refractivity contribution >= 4 is 0 Å². The number of rotatable bonds is 17. The van der Waals surface area contributed by atoms with Crippen molar-refractivity contribution in [1.29, 1.82) is 0 Å². The second-order valence-corrected chi connectivity index (χ2v) is 6.58. The predicted octanol–water partition coefficient (Wildman–Crippen LogP) is 6.98. The molecule has 0 saturated heterocycles. The molecule has 0 rings (SSSR count). The van der Waals surface area contributed by atoms with E-state index in [1.807, 2.05) is 0 Å². The average molecular weight is 310 g/mol. The van der Waals surface area contributed by atoms with Crippen molar-refractivity contribution in [2.45, 2.75) is 104 Å². The molecule has 0 aromatic heterocycles. The molecule has 0 aromatic rings. The van der Waals surface area contributed by atoms with Crippen molar-refractivity contribution in [1.82, 2.24) is 4.90 Å². The van der Waals surface area contributed by atoms with Gasteiger partial charge in [-0.15, -0.1) is 0 Å². The Hall–Kier alpha value is -0.300. The molecule has 1 nitrogen and oxygen atoms in total. The van der Waals surface area contributed by atoms with Gasteiger partial charge in [0.15, 0.2) is 0 Å². The average Bonchev–Trinajstić information content (AvgIpc) is 2.55. The van der Waals surface area contributed by atoms with E-state index in [4.69, 9.17) is 0 Å². The van der Waals surface area contributed by atoms with E-state index in [-0.39, 0.29) is 0 Å². The van der Waals surface area contributed by atoms with Crippen LogP contribution in [0.3, 0.4) is 0 Å². The summed E-state index contributed by atoms with van der Waals surface area (Å²) in [5, 5.41) is 0. The Kier molecular flexibility index (Phi) is 18.5. The number of unbranched alkanes of at least 4 members (excludes halogenated alkanes) is 11. The molecule has 0 spiro atoms. The Bertz CT molecular complexity index is 218. The first kappa shape index (κ1) is 21.7. The van der Waals surface area contributed by atoms with Crippen molar-refractivity contribution in [3.8, 4) is 0 Å². The zero-order chi connectivity index (χ0) is 16.3. The van der Waals surface area contributed by atoms with Gasteiger partial charge in [0, 0.05) is 0 Å². The lowest BCUT2D eigenvalue weighted by atomic mass is 10.0. The highest BCUT2D eigenvalue weighted by Crippen LogP contribution is 2.12. The second kappa shape index (κ2) is 18.7. The molecular formula is C21H43N. The van der Waals surface area contributed by atoms with Crippen LogP contribution < -0.4 is 0 Å². The first-order valence-electron chi connectivity index (χ1n) is 10.2. The molecule has 0 aromatic carbocycles. The molecule has 132 valence electrons. The van der Waals surface area contributed by atoms with Crippen LogP contribution in [0.1, 0.15) is 104 Å². The fourth-order valence-electron chi connectivity index (χ4n) is 3.01. The third-order valence-electron chi connectivity index (χ3n) is 4.64. The van der Waals surface area contributed by atoms with E-state index in [2.05, 4.69) is 37.8 Å². The molecule has 0 atom stereocenters. The Morgan fingerprint density at radius 2 is 1.00 bits per heavy atom. The van der Waals surface area contributed by atoms with Crippen LogP contribution in [0.2, 0.25) is 0 Å². The minimum Gasteiger partial charge on any atom is -0.304 e. The van der Waals surface area contributed by atoms with Gasteiger partial charge in [-0.3, -0.25) is 0 Å². The number of hydrogen-bond donors (Lipinski definition) is 0. The lowest BCUT2D eigenvalue weighted by Gasteiger charge is -2.17. The van der Waals surface area contributed by atoms with Gasteiger partial charge in [-0.1, -0.05) is 90.7 Å². The van der Waals surface area contributed by atoms with E-state index in [1.165, 1.54) is 103 Å². The molecule has 0 bridgehead atoms. The highest BCUT2D eigenvalue weighted by molar-refractivity contribution is 4.79. The minimum absolute atomic E-state index is 1.19. The summed E-state index contributed by atoms with van der Waals surface area (Å²) in [5.41, 5.74) is 0. The van der Waals surface area contributed by atoms with Crippen molar-refractivity contribution in [2.24, 2.45) is 0 Å². The van der Waals surface area contributed by atoms with Crippen LogP contribution in [0.5, 0.6) is 0 Å². The van der Waals surface area contributed by atoms with Crippen LogP contribution in [0.25, 0.3) is 0 Å². The second-order valence-electron chi connectivity index (χ2n) is 6.58. The summed E-state index contributed by atoms with van der Waals surface area (Å²) in [6.45, 7) is 10.5. The molecule has 0 heterocycles. The Labute approximate surface area is 141 Å². The Balaban J connectivity index is 3.07. The highest BCUT2D eigenvalue weighted by Gasteiger charge is 1.98. The van der Waals surface area contributed by atoms with Crippen molar-refractivity contribution in [3.05, 3.63) is 12.2 Å². The molecule has 1 heteroatoms. The van der Waals surface area contributed by atoms with E-state index in [0.717, 1.165) is 0 Å². The van der Waals surface area contributed by atoms with Crippen LogP contribution >= 0.6 is 0 Å². The normalized spacial score (nSPS) is 11.8. The van der Waals surface area contributed by atoms with Gasteiger partial charge in [-0.05, 0) is 45.3 Å². The standard InChI is InChI=1S/C21H43N/c1-4-7-8-9-10-11-12-13-14-15-16-17-18-19-20-21-22(5-2)6-3/h7-8H,4-6,9-21H2,1-3H3/b8-7+. The van der Waals surface area contributed by atoms with Gasteiger partial charge >= 0.3 is 0 Å². The maximum Gasteiger partial charge on any atom is -0.00190 e. The zero-order valence-corrected chi connectivity index (χ0v) is 15.9. The summed E-state index contributed by atoms with van der Waals surface area (Å²) >= 11 is 0. The molecule has 0 fully saturated rings. The van der Waals surface area contributed by atoms with E-state index in [9.17, 15) is 0 Å². The number of nitrogens with zero attached hydrogens (tertiary/aromatic N) is 1. The van der Waals surface area contributed by atoms with Gasteiger partial charge in [0.05, 0.1) is 0 Å². The molecule has 0 aliphatic carbocycles. The smallest absolute Gasteiger partial charge is 0.00190 e. The van der Waals surface area contributed by atoms with E-state index >= 15 is 0 Å². The van der Waals surface area contributed by atoms with E-state index in [1.54, 1.807) is 0 Å². The van der Waals surface area contributed by atoms with Crippen LogP contribution in [0.15, 0.2) is 12.2 Å². The van der Waals surface area contributed by atoms with Crippen LogP contribution in [0.4, 0.5) is 0 Å². The molecule has 0 unspecified atom stereocenters. The first-order valence-corrected chi connectivity index (χ1v) is 10.2. The van der Waals surface area contributed by atoms with Gasteiger partial charge in [0.2, 0.25) is 0 Å². The molecule has 0 aliphatic heterocycles. The lowest BCUT2D eigenvalue weighted by molar-refractivity contribution is 0.295. The maximum atomic E-state index is 2.54. The summed E-state index contributed by atoms with van der Waals surface area (Å²) in [5.74, 6) is 0. The fourth-order valence-corrected chi connectivity index (χ4v) is 3.01. The molecular weight excluding hydrogens is 266 g/mol. The SMILES string of the molecule is CC/C=C/CCCCCCCCCCCCCN(CC)CC. The van der Waals surface area contributed by atoms with Gasteiger partial charge < -0.3 is 4.90 Å². The summed E-state index contributed by atoms with van der Waals surface area (Å²) in [7, 11) is 0. The molecule has 0 aliphatic rings. The van der Waals surface area contributed by atoms with Gasteiger partial charge in [0.1, 0.15) is 0 Å². The zero-order valence-electron chi connectivity index (χ0n) is 15.9. The van der Waals surface area contributed by atoms with Crippen LogP contribution in [-0.2, 0) is 0 Å². The number of allylic oxidation sites excluding steroid dienone is 2. The topological polar surface area (TPSA) is 3.24 Å². The predicted molar refractivity (Wildman–Crippen MR) is 103 cm³/mol. The van der Waals surface area contributed by atoms with E-state index in [0.29, 0.717) is 0 Å². The summed E-state index contributed by atoms with van der Waals surface area (Å²) < 4.78 is 0. The third-order valence-corrected chi connectivity index (χ3v) is 4.64. The fraction of sp³-hybridized carbons (Fsp3) is 0.905. The van der Waals surface area contributed by atoms with Crippen LogP contribution in [0, 0.1) is 0 Å². The largest absolute Gasteiger partial charge is 0.304 e. The number of hydrogen-bond acceptors (Lipinski definition) is 1. The molecule has 0 radical (unpaired) electrons. The summed E-state index contributed by atoms with van der Waals surface area (Å²) in [6, 6.07) is 0. The van der Waals surface area contributed by atoms with Gasteiger partial charge in [-0.25, -0.2) is 0 Å². The van der Waals surface area contributed by atoms with Crippen molar-refractivity contribution in [3.63, 3.8) is 0 Å². The molecule has 0 amide bonds. The third kappa shape index (κ3) is 16.1. The van der Waals surface area contributed by atoms with E-state index < -0.39 is 0 Å².